The number of hydrogen-bond acceptors (Lipinski definition) is 6. The van der Waals surface area contributed by atoms with Crippen LogP contribution in [0.2, 0.25) is 0 Å². The van der Waals surface area contributed by atoms with Gasteiger partial charge < -0.3 is 25.1 Å². The number of alkyl halides is 2. The molecule has 1 spiro atoms. The first kappa shape index (κ1) is 26.4. The Morgan fingerprint density at radius 3 is 2.37 bits per heavy atom. The number of carbonyl (C=O) groups is 3. The predicted octanol–water partition coefficient (Wildman–Crippen LogP) is 2.48. The van der Waals surface area contributed by atoms with E-state index in [0.29, 0.717) is 37.3 Å². The second-order valence-corrected chi connectivity index (χ2v) is 8.59. The van der Waals surface area contributed by atoms with Crippen molar-refractivity contribution >= 4 is 18.7 Å². The first-order valence-electron chi connectivity index (χ1n) is 11.0. The summed E-state index contributed by atoms with van der Waals surface area (Å²) in [6.07, 6.45) is 1.71. The monoisotopic (exact) mass is 490 g/mol. The van der Waals surface area contributed by atoms with Gasteiger partial charge in [0.1, 0.15) is 12.3 Å². The van der Waals surface area contributed by atoms with Gasteiger partial charge in [-0.25, -0.2) is 0 Å². The number of aryl methyl sites for hydroxylation is 1. The number of rotatable bonds is 3. The second kappa shape index (κ2) is 10.6. The highest BCUT2D eigenvalue weighted by Gasteiger charge is 2.49. The molecule has 2 aromatic carbocycles. The predicted molar refractivity (Wildman–Crippen MR) is 123 cm³/mol. The van der Waals surface area contributed by atoms with Gasteiger partial charge in [0.2, 0.25) is 6.41 Å². The molecule has 188 valence electrons. The largest absolute Gasteiger partial charge is 0.480 e. The number of ether oxygens (including phenoxy) is 2. The number of halogens is 2. The van der Waals surface area contributed by atoms with Crippen molar-refractivity contribution in [1.29, 1.82) is 0 Å². The molecule has 5 rings (SSSR count). The zero-order valence-electron chi connectivity index (χ0n) is 19.5. The highest BCUT2D eigenvalue weighted by molar-refractivity contribution is 5.80. The molecule has 3 aliphatic rings. The lowest BCUT2D eigenvalue weighted by Gasteiger charge is -2.20. The normalized spacial score (nSPS) is 20.6. The number of nitrogens with two attached hydrogens (primary N) is 1. The Morgan fingerprint density at radius 2 is 1.80 bits per heavy atom. The number of amides is 1. The molecule has 1 unspecified atom stereocenters. The number of hydrogen-bond donors (Lipinski definition) is 2. The van der Waals surface area contributed by atoms with E-state index in [1.807, 2.05) is 6.07 Å². The Hall–Kier alpha value is -3.21. The highest BCUT2D eigenvalue weighted by atomic mass is 19.3. The number of fused-ring (bicyclic) bond motifs is 3. The van der Waals surface area contributed by atoms with Crippen LogP contribution in [-0.2, 0) is 36.2 Å². The van der Waals surface area contributed by atoms with Crippen LogP contribution >= 0.6 is 0 Å². The molecule has 2 heterocycles. The molecule has 10 heteroatoms. The lowest BCUT2D eigenvalue weighted by molar-refractivity contribution is -0.150. The summed E-state index contributed by atoms with van der Waals surface area (Å²) in [7, 11) is 1.78. The minimum absolute atomic E-state index is 0.0303. The van der Waals surface area contributed by atoms with Gasteiger partial charge in [-0.2, -0.15) is 8.78 Å². The van der Waals surface area contributed by atoms with Crippen LogP contribution in [0.3, 0.4) is 0 Å². The zero-order chi connectivity index (χ0) is 25.8. The Morgan fingerprint density at radius 1 is 1.14 bits per heavy atom. The summed E-state index contributed by atoms with van der Waals surface area (Å²) in [6.45, 7) is 3.49. The fourth-order valence-electron chi connectivity index (χ4n) is 4.60. The SMILES string of the molecule is CN1CC2(CC1C(=O)O)OCCO2.Cc1ccc2c(c1)C(F)(F)c1ccc(CC=O)cc1-2.NC=O. The fraction of sp³-hybridized carbons (Fsp3) is 0.400. The maximum absolute atomic E-state index is 14.4. The van der Waals surface area contributed by atoms with Crippen LogP contribution in [0, 0.1) is 6.92 Å². The fourth-order valence-corrected chi connectivity index (χ4v) is 4.60. The molecule has 2 aromatic rings. The van der Waals surface area contributed by atoms with Crippen molar-refractivity contribution in [3.8, 4) is 11.1 Å². The van der Waals surface area contributed by atoms with E-state index in [1.165, 1.54) is 12.1 Å². The van der Waals surface area contributed by atoms with Gasteiger partial charge in [-0.15, -0.1) is 0 Å². The Labute approximate surface area is 201 Å². The van der Waals surface area contributed by atoms with E-state index in [2.05, 4.69) is 5.73 Å². The average molecular weight is 491 g/mol. The molecule has 8 nitrogen and oxygen atoms in total. The first-order chi connectivity index (χ1) is 16.6. The van der Waals surface area contributed by atoms with Gasteiger partial charge in [0, 0.05) is 24.0 Å². The third-order valence-electron chi connectivity index (χ3n) is 6.17. The number of likely N-dealkylation sites (tertiary alicyclic amines) is 1. The molecule has 3 N–H and O–H groups in total. The summed E-state index contributed by atoms with van der Waals surface area (Å²) < 4.78 is 39.6. The number of carboxylic acids is 1. The number of primary amides is 1. The van der Waals surface area contributed by atoms with E-state index in [-0.39, 0.29) is 24.0 Å². The van der Waals surface area contributed by atoms with E-state index >= 15 is 0 Å². The molecule has 0 saturated carbocycles. The lowest BCUT2D eigenvalue weighted by Crippen LogP contribution is -2.33. The molecule has 0 bridgehead atoms. The van der Waals surface area contributed by atoms with Gasteiger partial charge in [-0.1, -0.05) is 35.9 Å². The Bertz CT molecular complexity index is 1100. The van der Waals surface area contributed by atoms with Crippen molar-refractivity contribution in [3.63, 3.8) is 0 Å². The van der Waals surface area contributed by atoms with Crippen molar-refractivity contribution in [2.24, 2.45) is 5.73 Å². The molecule has 1 amide bonds. The van der Waals surface area contributed by atoms with Crippen LogP contribution in [0.15, 0.2) is 36.4 Å². The van der Waals surface area contributed by atoms with Gasteiger partial charge in [0.15, 0.2) is 5.79 Å². The molecule has 0 radical (unpaired) electrons. The average Bonchev–Trinajstić information content (AvgIpc) is 3.45. The van der Waals surface area contributed by atoms with Crippen LogP contribution in [0.25, 0.3) is 11.1 Å². The van der Waals surface area contributed by atoms with E-state index in [4.69, 9.17) is 19.4 Å². The number of aliphatic carboxylic acids is 1. The number of aldehydes is 1. The Balaban J connectivity index is 0.000000186. The molecule has 2 fully saturated rings. The number of carboxylic acid groups (broad SMARTS) is 1. The van der Waals surface area contributed by atoms with Gasteiger partial charge in [-0.3, -0.25) is 14.5 Å². The van der Waals surface area contributed by atoms with Crippen LogP contribution in [-0.4, -0.2) is 67.3 Å². The minimum atomic E-state index is -2.95. The lowest BCUT2D eigenvalue weighted by atomic mass is 10.0. The highest BCUT2D eigenvalue weighted by Crippen LogP contribution is 2.51. The van der Waals surface area contributed by atoms with Gasteiger partial charge >= 0.3 is 5.97 Å². The van der Waals surface area contributed by atoms with E-state index in [0.717, 1.165) is 17.4 Å². The van der Waals surface area contributed by atoms with Crippen molar-refractivity contribution in [3.05, 3.63) is 58.7 Å². The van der Waals surface area contributed by atoms with Crippen molar-refractivity contribution < 1.29 is 37.7 Å². The zero-order valence-corrected chi connectivity index (χ0v) is 19.5. The van der Waals surface area contributed by atoms with E-state index < -0.39 is 23.7 Å². The maximum Gasteiger partial charge on any atom is 0.321 e. The van der Waals surface area contributed by atoms with Gasteiger partial charge in [0.05, 0.1) is 19.8 Å². The van der Waals surface area contributed by atoms with E-state index in [1.54, 1.807) is 37.1 Å². The summed E-state index contributed by atoms with van der Waals surface area (Å²) in [4.78, 5) is 31.7. The summed E-state index contributed by atoms with van der Waals surface area (Å²) in [5.41, 5.74) is 6.95. The smallest absolute Gasteiger partial charge is 0.321 e. The van der Waals surface area contributed by atoms with Crippen LogP contribution < -0.4 is 5.73 Å². The third-order valence-corrected chi connectivity index (χ3v) is 6.17. The van der Waals surface area contributed by atoms with Crippen LogP contribution in [0.5, 0.6) is 0 Å². The summed E-state index contributed by atoms with van der Waals surface area (Å²) >= 11 is 0. The summed E-state index contributed by atoms with van der Waals surface area (Å²) in [6, 6.07) is 9.35. The molecule has 2 aliphatic heterocycles. The molecule has 2 saturated heterocycles. The summed E-state index contributed by atoms with van der Waals surface area (Å²) in [5, 5.41) is 8.87. The molecule has 1 atom stereocenters. The van der Waals surface area contributed by atoms with Gasteiger partial charge in [0.25, 0.3) is 5.92 Å². The maximum atomic E-state index is 14.4. The topological polar surface area (TPSA) is 119 Å². The second-order valence-electron chi connectivity index (χ2n) is 8.59. The molecular formula is C25H28F2N2O6. The summed E-state index contributed by atoms with van der Waals surface area (Å²) in [5.74, 6) is -4.40. The molecular weight excluding hydrogens is 462 g/mol. The quantitative estimate of drug-likeness (QED) is 0.635. The van der Waals surface area contributed by atoms with E-state index in [9.17, 15) is 18.4 Å². The number of carbonyl (C=O) groups excluding carboxylic acids is 2. The minimum Gasteiger partial charge on any atom is -0.480 e. The third kappa shape index (κ3) is 5.39. The number of likely N-dealkylation sites (N-methyl/N-ethyl adjacent to an activating group) is 1. The molecule has 1 aliphatic carbocycles. The van der Waals surface area contributed by atoms with Gasteiger partial charge in [-0.05, 0) is 36.7 Å². The first-order valence-corrected chi connectivity index (χ1v) is 11.0. The van der Waals surface area contributed by atoms with Crippen LogP contribution in [0.4, 0.5) is 8.78 Å². The Kier molecular flexibility index (Phi) is 7.99. The van der Waals surface area contributed by atoms with Crippen molar-refractivity contribution in [2.75, 3.05) is 26.8 Å². The van der Waals surface area contributed by atoms with Crippen molar-refractivity contribution in [2.45, 2.75) is 37.5 Å². The number of benzene rings is 2. The van der Waals surface area contributed by atoms with Crippen molar-refractivity contribution in [1.82, 2.24) is 4.90 Å². The number of nitrogens with zero attached hydrogens (tertiary/aromatic N) is 1. The van der Waals surface area contributed by atoms with Crippen LogP contribution in [0.1, 0.15) is 28.7 Å². The standard InChI is InChI=1S/C16H12F2O.C8H13NO4.CH3NO/c1-10-2-4-12-13-9-11(6-7-19)3-5-14(13)16(17,18)15(12)8-10;1-9-5-8(12-2-3-13-8)4-6(9)7(10)11;2-1-3/h2-5,7-9H,6H2,1H3;6H,2-5H2,1H3,(H,10,11);1H,(H2,2,3). The molecule has 35 heavy (non-hydrogen) atoms. The molecule has 0 aromatic heterocycles.